The molecule has 2 N–H and O–H groups in total. The van der Waals surface area contributed by atoms with Crippen molar-refractivity contribution < 1.29 is 13.2 Å². The number of nitrogens with zero attached hydrogens (tertiary/aromatic N) is 1. The van der Waals surface area contributed by atoms with Crippen molar-refractivity contribution in [2.75, 3.05) is 26.0 Å². The van der Waals surface area contributed by atoms with Crippen LogP contribution in [-0.2, 0) is 9.84 Å². The zero-order chi connectivity index (χ0) is 20.1. The van der Waals surface area contributed by atoms with Crippen LogP contribution in [0.3, 0.4) is 0 Å². The monoisotopic (exact) mass is 421 g/mol. The minimum absolute atomic E-state index is 0.102. The summed E-state index contributed by atoms with van der Waals surface area (Å²) in [4.78, 5) is 15.8. The number of urea groups is 1. The average Bonchev–Trinajstić information content (AvgIpc) is 3.36. The van der Waals surface area contributed by atoms with E-state index in [0.717, 1.165) is 25.7 Å². The van der Waals surface area contributed by atoms with Gasteiger partial charge in [0.2, 0.25) is 0 Å². The van der Waals surface area contributed by atoms with Crippen LogP contribution in [0.15, 0.2) is 46.7 Å². The maximum Gasteiger partial charge on any atom is 0.319 e. The summed E-state index contributed by atoms with van der Waals surface area (Å²) in [6, 6.07) is 10.3. The molecule has 2 aromatic rings. The zero-order valence-electron chi connectivity index (χ0n) is 16.2. The number of benzene rings is 1. The highest BCUT2D eigenvalue weighted by Gasteiger charge is 2.30. The van der Waals surface area contributed by atoms with E-state index < -0.39 is 9.84 Å². The number of hydrogen-bond donors (Lipinski definition) is 2. The van der Waals surface area contributed by atoms with Crippen molar-refractivity contribution in [2.45, 2.75) is 41.9 Å². The second kappa shape index (κ2) is 9.07. The number of nitrogens with one attached hydrogen (secondary N) is 2. The normalized spacial score (nSPS) is 16.2. The second-order valence-electron chi connectivity index (χ2n) is 7.31. The first-order valence-electron chi connectivity index (χ1n) is 9.46. The van der Waals surface area contributed by atoms with E-state index in [1.165, 1.54) is 4.88 Å². The van der Waals surface area contributed by atoms with Gasteiger partial charge in [-0.25, -0.2) is 13.2 Å². The molecule has 2 amide bonds. The van der Waals surface area contributed by atoms with Crippen LogP contribution in [0.25, 0.3) is 0 Å². The molecule has 0 radical (unpaired) electrons. The van der Waals surface area contributed by atoms with Gasteiger partial charge in [0, 0.05) is 17.1 Å². The molecule has 1 aliphatic carbocycles. The Labute approximate surface area is 170 Å². The molecule has 0 aliphatic heterocycles. The van der Waals surface area contributed by atoms with Crippen LogP contribution in [0.1, 0.15) is 36.6 Å². The Morgan fingerprint density at radius 1 is 1.18 bits per heavy atom. The third kappa shape index (κ3) is 4.92. The number of amides is 2. The number of sulfone groups is 1. The molecule has 1 aromatic heterocycles. The number of rotatable bonds is 7. The molecule has 1 aliphatic rings. The number of likely N-dealkylation sites (N-methyl/N-ethyl adjacent to an activating group) is 1. The lowest BCUT2D eigenvalue weighted by Gasteiger charge is -2.23. The molecule has 1 aromatic carbocycles. The Bertz CT molecular complexity index is 872. The molecule has 1 atom stereocenters. The Morgan fingerprint density at radius 2 is 1.86 bits per heavy atom. The van der Waals surface area contributed by atoms with Crippen LogP contribution in [-0.4, -0.2) is 45.2 Å². The van der Waals surface area contributed by atoms with Crippen LogP contribution in [0.2, 0.25) is 0 Å². The van der Waals surface area contributed by atoms with E-state index in [1.807, 2.05) is 25.5 Å². The van der Waals surface area contributed by atoms with Gasteiger partial charge in [0.05, 0.1) is 16.2 Å². The van der Waals surface area contributed by atoms with Gasteiger partial charge < -0.3 is 15.5 Å². The van der Waals surface area contributed by atoms with Crippen molar-refractivity contribution in [3.8, 4) is 0 Å². The third-order valence-electron chi connectivity index (χ3n) is 5.13. The standard InChI is InChI=1S/C20H27N3O3S2/c1-23(2)18(19-8-5-13-27-19)14-21-20(24)22-15-9-11-17(12-10-15)28(25,26)16-6-3-4-7-16/h5,8-13,16,18H,3-4,6-7,14H2,1-2H3,(H2,21,22,24). The highest BCUT2D eigenvalue weighted by molar-refractivity contribution is 7.92. The fourth-order valence-corrected chi connectivity index (χ4v) is 6.28. The Hall–Kier alpha value is -1.90. The lowest BCUT2D eigenvalue weighted by Crippen LogP contribution is -2.36. The van der Waals surface area contributed by atoms with Crippen LogP contribution >= 0.6 is 11.3 Å². The molecule has 3 rings (SSSR count). The van der Waals surface area contributed by atoms with Gasteiger partial charge in [0.25, 0.3) is 0 Å². The molecule has 28 heavy (non-hydrogen) atoms. The topological polar surface area (TPSA) is 78.5 Å². The summed E-state index contributed by atoms with van der Waals surface area (Å²) in [7, 11) is 0.687. The predicted octanol–water partition coefficient (Wildman–Crippen LogP) is 3.89. The summed E-state index contributed by atoms with van der Waals surface area (Å²) in [5.74, 6) is 0. The van der Waals surface area contributed by atoms with Gasteiger partial charge >= 0.3 is 6.03 Å². The molecular formula is C20H27N3O3S2. The van der Waals surface area contributed by atoms with Gasteiger partial charge in [0.1, 0.15) is 0 Å². The summed E-state index contributed by atoms with van der Waals surface area (Å²) in [6.07, 6.45) is 3.43. The highest BCUT2D eigenvalue weighted by atomic mass is 32.2. The smallest absolute Gasteiger partial charge is 0.319 e. The number of carbonyl (C=O) groups is 1. The largest absolute Gasteiger partial charge is 0.336 e. The first-order chi connectivity index (χ1) is 13.4. The molecular weight excluding hydrogens is 394 g/mol. The fourth-order valence-electron chi connectivity index (χ4n) is 3.50. The fraction of sp³-hybridized carbons (Fsp3) is 0.450. The van der Waals surface area contributed by atoms with E-state index in [9.17, 15) is 13.2 Å². The Balaban J connectivity index is 1.57. The lowest BCUT2D eigenvalue weighted by atomic mass is 10.2. The van der Waals surface area contributed by atoms with E-state index in [1.54, 1.807) is 35.6 Å². The van der Waals surface area contributed by atoms with Crippen molar-refractivity contribution in [3.63, 3.8) is 0 Å². The number of anilines is 1. The first-order valence-corrected chi connectivity index (χ1v) is 11.9. The van der Waals surface area contributed by atoms with Crippen LogP contribution < -0.4 is 10.6 Å². The minimum Gasteiger partial charge on any atom is -0.336 e. The van der Waals surface area contributed by atoms with Crippen molar-refractivity contribution in [3.05, 3.63) is 46.7 Å². The molecule has 0 bridgehead atoms. The van der Waals surface area contributed by atoms with Crippen LogP contribution in [0.5, 0.6) is 0 Å². The van der Waals surface area contributed by atoms with Gasteiger partial charge in [-0.05, 0) is 62.6 Å². The summed E-state index contributed by atoms with van der Waals surface area (Å²) < 4.78 is 25.2. The Morgan fingerprint density at radius 3 is 2.43 bits per heavy atom. The molecule has 0 saturated heterocycles. The molecule has 1 fully saturated rings. The summed E-state index contributed by atoms with van der Waals surface area (Å²) in [5, 5.41) is 7.41. The van der Waals surface area contributed by atoms with Gasteiger partial charge in [-0.2, -0.15) is 0 Å². The summed E-state index contributed by atoms with van der Waals surface area (Å²) in [6.45, 7) is 0.480. The highest BCUT2D eigenvalue weighted by Crippen LogP contribution is 2.30. The molecule has 1 unspecified atom stereocenters. The maximum absolute atomic E-state index is 12.6. The lowest BCUT2D eigenvalue weighted by molar-refractivity contribution is 0.244. The third-order valence-corrected chi connectivity index (χ3v) is 8.38. The van der Waals surface area contributed by atoms with E-state index in [4.69, 9.17) is 0 Å². The number of hydrogen-bond acceptors (Lipinski definition) is 5. The molecule has 6 nitrogen and oxygen atoms in total. The molecule has 0 spiro atoms. The predicted molar refractivity (Wildman–Crippen MR) is 114 cm³/mol. The molecule has 1 saturated carbocycles. The maximum atomic E-state index is 12.6. The van der Waals surface area contributed by atoms with Gasteiger partial charge in [-0.3, -0.25) is 0 Å². The van der Waals surface area contributed by atoms with E-state index in [0.29, 0.717) is 17.1 Å². The van der Waals surface area contributed by atoms with Crippen molar-refractivity contribution in [1.29, 1.82) is 0 Å². The SMILES string of the molecule is CN(C)C(CNC(=O)Nc1ccc(S(=O)(=O)C2CCCC2)cc1)c1cccs1. The Kier molecular flexibility index (Phi) is 6.74. The molecule has 1 heterocycles. The van der Waals surface area contributed by atoms with E-state index in [2.05, 4.69) is 21.6 Å². The van der Waals surface area contributed by atoms with Crippen molar-refractivity contribution >= 4 is 32.9 Å². The van der Waals surface area contributed by atoms with Crippen LogP contribution in [0.4, 0.5) is 10.5 Å². The van der Waals surface area contributed by atoms with E-state index in [-0.39, 0.29) is 17.3 Å². The number of carbonyl (C=O) groups excluding carboxylic acids is 1. The van der Waals surface area contributed by atoms with Crippen LogP contribution in [0, 0.1) is 0 Å². The molecule has 8 heteroatoms. The van der Waals surface area contributed by atoms with E-state index >= 15 is 0 Å². The van der Waals surface area contributed by atoms with Gasteiger partial charge in [-0.1, -0.05) is 18.9 Å². The first kappa shape index (κ1) is 20.8. The zero-order valence-corrected chi connectivity index (χ0v) is 17.9. The van der Waals surface area contributed by atoms with Crippen molar-refractivity contribution in [2.24, 2.45) is 0 Å². The second-order valence-corrected chi connectivity index (χ2v) is 10.5. The minimum atomic E-state index is -3.27. The summed E-state index contributed by atoms with van der Waals surface area (Å²) >= 11 is 1.66. The molecule has 152 valence electrons. The van der Waals surface area contributed by atoms with Gasteiger partial charge in [0.15, 0.2) is 9.84 Å². The quantitative estimate of drug-likeness (QED) is 0.711. The van der Waals surface area contributed by atoms with Crippen molar-refractivity contribution in [1.82, 2.24) is 10.2 Å². The van der Waals surface area contributed by atoms with Gasteiger partial charge in [-0.15, -0.1) is 11.3 Å². The summed E-state index contributed by atoms with van der Waals surface area (Å²) in [5.41, 5.74) is 0.570. The average molecular weight is 422 g/mol. The number of thiophene rings is 1.